The predicted octanol–water partition coefficient (Wildman–Crippen LogP) is 3.56. The van der Waals surface area contributed by atoms with E-state index >= 15 is 0 Å². The zero-order chi connectivity index (χ0) is 19.8. The number of benzene rings is 1. The summed E-state index contributed by atoms with van der Waals surface area (Å²) in [5.41, 5.74) is -0.762. The first kappa shape index (κ1) is 18.8. The van der Waals surface area contributed by atoms with E-state index in [1.165, 1.54) is 11.0 Å². The summed E-state index contributed by atoms with van der Waals surface area (Å²) < 4.78 is 38.9. The molecule has 9 heteroatoms. The molecule has 0 radical (unpaired) electrons. The number of hydrogen-bond donors (Lipinski definition) is 1. The monoisotopic (exact) mass is 379 g/mol. The molecule has 1 heterocycles. The number of carboxylic acids is 1. The van der Waals surface area contributed by atoms with E-state index in [9.17, 15) is 22.8 Å². The molecule has 1 aromatic carbocycles. The van der Waals surface area contributed by atoms with Gasteiger partial charge >= 0.3 is 12.1 Å². The standard InChI is InChI=1S/C18H16F3N3O3/c1-10(11-3-2-4-12(7-11)18(19,20)21)24(13-5-6-13)16(25)14-8-23-15(9-22-14)17(26)27/h2-4,7-10,13H,5-6H2,1H3,(H,26,27). The molecule has 0 bridgehead atoms. The van der Waals surface area contributed by atoms with Crippen LogP contribution >= 0.6 is 0 Å². The van der Waals surface area contributed by atoms with E-state index in [0.29, 0.717) is 5.56 Å². The van der Waals surface area contributed by atoms with Crippen LogP contribution in [0.15, 0.2) is 36.7 Å². The number of halogens is 3. The molecule has 3 rings (SSSR count). The quantitative estimate of drug-likeness (QED) is 0.859. The summed E-state index contributed by atoms with van der Waals surface area (Å²) in [6, 6.07) is 4.17. The van der Waals surface area contributed by atoms with E-state index in [2.05, 4.69) is 9.97 Å². The number of amides is 1. The van der Waals surface area contributed by atoms with E-state index in [4.69, 9.17) is 5.11 Å². The molecular formula is C18H16F3N3O3. The van der Waals surface area contributed by atoms with Crippen LogP contribution in [0.1, 0.15) is 57.9 Å². The minimum atomic E-state index is -4.47. The van der Waals surface area contributed by atoms with E-state index in [1.807, 2.05) is 0 Å². The van der Waals surface area contributed by atoms with Crippen molar-refractivity contribution in [3.63, 3.8) is 0 Å². The van der Waals surface area contributed by atoms with Gasteiger partial charge in [-0.3, -0.25) is 4.79 Å². The molecule has 0 aliphatic heterocycles. The lowest BCUT2D eigenvalue weighted by Gasteiger charge is -2.29. The van der Waals surface area contributed by atoms with Crippen LogP contribution in [0, 0.1) is 0 Å². The first-order chi connectivity index (χ1) is 12.7. The lowest BCUT2D eigenvalue weighted by atomic mass is 10.0. The maximum atomic E-state index is 13.0. The fourth-order valence-electron chi connectivity index (χ4n) is 2.83. The van der Waals surface area contributed by atoms with Crippen molar-refractivity contribution in [3.8, 4) is 0 Å². The van der Waals surface area contributed by atoms with Crippen molar-refractivity contribution in [2.24, 2.45) is 0 Å². The van der Waals surface area contributed by atoms with Gasteiger partial charge in [0.1, 0.15) is 5.69 Å². The number of aromatic carboxylic acids is 1. The normalized spacial score (nSPS) is 15.3. The van der Waals surface area contributed by atoms with Crippen LogP contribution in [0.3, 0.4) is 0 Å². The van der Waals surface area contributed by atoms with Crippen molar-refractivity contribution in [2.75, 3.05) is 0 Å². The molecule has 1 aliphatic carbocycles. The van der Waals surface area contributed by atoms with Crippen molar-refractivity contribution in [1.82, 2.24) is 14.9 Å². The summed E-state index contributed by atoms with van der Waals surface area (Å²) in [7, 11) is 0. The van der Waals surface area contributed by atoms with Gasteiger partial charge in [0.25, 0.3) is 5.91 Å². The number of alkyl halides is 3. The van der Waals surface area contributed by atoms with E-state index < -0.39 is 29.7 Å². The van der Waals surface area contributed by atoms with Crippen LogP contribution in [0.4, 0.5) is 13.2 Å². The van der Waals surface area contributed by atoms with Gasteiger partial charge in [-0.1, -0.05) is 12.1 Å². The van der Waals surface area contributed by atoms with Crippen molar-refractivity contribution < 1.29 is 27.9 Å². The molecular weight excluding hydrogens is 363 g/mol. The van der Waals surface area contributed by atoms with Crippen LogP contribution in [-0.4, -0.2) is 37.9 Å². The summed E-state index contributed by atoms with van der Waals surface area (Å²) >= 11 is 0. The Bertz CT molecular complexity index is 864. The first-order valence-corrected chi connectivity index (χ1v) is 8.23. The fourth-order valence-corrected chi connectivity index (χ4v) is 2.83. The Balaban J connectivity index is 1.89. The second kappa shape index (κ2) is 6.98. The minimum absolute atomic E-state index is 0.0503. The van der Waals surface area contributed by atoms with E-state index in [0.717, 1.165) is 37.4 Å². The molecule has 1 unspecified atom stereocenters. The second-order valence-corrected chi connectivity index (χ2v) is 6.33. The third-order valence-electron chi connectivity index (χ3n) is 4.38. The zero-order valence-corrected chi connectivity index (χ0v) is 14.3. The third-order valence-corrected chi connectivity index (χ3v) is 4.38. The van der Waals surface area contributed by atoms with Gasteiger partial charge in [-0.25, -0.2) is 14.8 Å². The first-order valence-electron chi connectivity index (χ1n) is 8.23. The number of nitrogens with zero attached hydrogens (tertiary/aromatic N) is 3. The number of carboxylic acid groups (broad SMARTS) is 1. The SMILES string of the molecule is CC(c1cccc(C(F)(F)F)c1)N(C(=O)c1cnc(C(=O)O)cn1)C1CC1. The number of carbonyl (C=O) groups excluding carboxylic acids is 1. The zero-order valence-electron chi connectivity index (χ0n) is 14.3. The molecule has 1 fully saturated rings. The molecule has 1 aromatic heterocycles. The Hall–Kier alpha value is -2.97. The molecule has 1 saturated carbocycles. The molecule has 1 N–H and O–H groups in total. The molecule has 27 heavy (non-hydrogen) atoms. The highest BCUT2D eigenvalue weighted by molar-refractivity contribution is 5.93. The number of hydrogen-bond acceptors (Lipinski definition) is 4. The molecule has 1 aliphatic rings. The van der Waals surface area contributed by atoms with Crippen molar-refractivity contribution in [1.29, 1.82) is 0 Å². The fraction of sp³-hybridized carbons (Fsp3) is 0.333. The molecule has 142 valence electrons. The van der Waals surface area contributed by atoms with E-state index in [1.54, 1.807) is 13.0 Å². The summed E-state index contributed by atoms with van der Waals surface area (Å²) in [6.07, 6.45) is -0.927. The molecule has 6 nitrogen and oxygen atoms in total. The van der Waals surface area contributed by atoms with Gasteiger partial charge in [0, 0.05) is 6.04 Å². The third kappa shape index (κ3) is 4.07. The van der Waals surface area contributed by atoms with Crippen LogP contribution in [0.5, 0.6) is 0 Å². The average molecular weight is 379 g/mol. The minimum Gasteiger partial charge on any atom is -0.476 e. The van der Waals surface area contributed by atoms with Gasteiger partial charge in [-0.05, 0) is 37.5 Å². The van der Waals surface area contributed by atoms with Crippen LogP contribution in [0.25, 0.3) is 0 Å². The maximum absolute atomic E-state index is 13.0. The van der Waals surface area contributed by atoms with E-state index in [-0.39, 0.29) is 17.4 Å². The predicted molar refractivity (Wildman–Crippen MR) is 88.0 cm³/mol. The maximum Gasteiger partial charge on any atom is 0.416 e. The number of carbonyl (C=O) groups is 2. The van der Waals surface area contributed by atoms with Crippen LogP contribution < -0.4 is 0 Å². The summed E-state index contributed by atoms with van der Waals surface area (Å²) in [4.78, 5) is 32.7. The summed E-state index contributed by atoms with van der Waals surface area (Å²) in [6.45, 7) is 1.66. The Kier molecular flexibility index (Phi) is 4.86. The van der Waals surface area contributed by atoms with Gasteiger partial charge in [0.15, 0.2) is 5.69 Å². The van der Waals surface area contributed by atoms with Crippen LogP contribution in [-0.2, 0) is 6.18 Å². The van der Waals surface area contributed by atoms with Gasteiger partial charge < -0.3 is 10.0 Å². The topological polar surface area (TPSA) is 83.4 Å². The molecule has 0 saturated heterocycles. The highest BCUT2D eigenvalue weighted by Crippen LogP contribution is 2.37. The highest BCUT2D eigenvalue weighted by atomic mass is 19.4. The van der Waals surface area contributed by atoms with Gasteiger partial charge in [0.05, 0.1) is 24.0 Å². The summed E-state index contributed by atoms with van der Waals surface area (Å²) in [5.74, 6) is -1.76. The van der Waals surface area contributed by atoms with Crippen molar-refractivity contribution in [2.45, 2.75) is 38.0 Å². The highest BCUT2D eigenvalue weighted by Gasteiger charge is 2.38. The lowest BCUT2D eigenvalue weighted by Crippen LogP contribution is -2.36. The van der Waals surface area contributed by atoms with Crippen LogP contribution in [0.2, 0.25) is 0 Å². The van der Waals surface area contributed by atoms with Gasteiger partial charge in [-0.15, -0.1) is 0 Å². The number of aromatic nitrogens is 2. The largest absolute Gasteiger partial charge is 0.476 e. The van der Waals surface area contributed by atoms with Gasteiger partial charge in [-0.2, -0.15) is 13.2 Å². The average Bonchev–Trinajstić information content (AvgIpc) is 3.46. The van der Waals surface area contributed by atoms with Gasteiger partial charge in [0.2, 0.25) is 0 Å². The second-order valence-electron chi connectivity index (χ2n) is 6.33. The smallest absolute Gasteiger partial charge is 0.416 e. The van der Waals surface area contributed by atoms with Crippen molar-refractivity contribution in [3.05, 3.63) is 59.2 Å². The molecule has 2 aromatic rings. The van der Waals surface area contributed by atoms with Crippen molar-refractivity contribution >= 4 is 11.9 Å². The Morgan fingerprint density at radius 1 is 1.19 bits per heavy atom. The lowest BCUT2D eigenvalue weighted by molar-refractivity contribution is -0.137. The molecule has 1 amide bonds. The summed E-state index contributed by atoms with van der Waals surface area (Å²) in [5, 5.41) is 8.86. The Morgan fingerprint density at radius 2 is 1.81 bits per heavy atom. The molecule has 1 atom stereocenters. The molecule has 0 spiro atoms. The number of rotatable bonds is 5. The Morgan fingerprint density at radius 3 is 2.33 bits per heavy atom. The Labute approximate surface area is 152 Å².